The van der Waals surface area contributed by atoms with E-state index in [0.29, 0.717) is 5.19 Å². The molecule has 3 aromatic rings. The molecule has 0 aliphatic carbocycles. The Morgan fingerprint density at radius 2 is 2.05 bits per heavy atom. The summed E-state index contributed by atoms with van der Waals surface area (Å²) in [4.78, 5) is 23.9. The first kappa shape index (κ1) is 12.4. The predicted octanol–water partition coefficient (Wildman–Crippen LogP) is 2.82. The van der Waals surface area contributed by atoms with Gasteiger partial charge in [-0.15, -0.1) is 0 Å². The van der Waals surface area contributed by atoms with Crippen LogP contribution in [0.2, 0.25) is 0 Å². The summed E-state index contributed by atoms with van der Waals surface area (Å²) in [6, 6.07) is 7.24. The quantitative estimate of drug-likeness (QED) is 0.691. The molecule has 0 fully saturated rings. The zero-order valence-corrected chi connectivity index (χ0v) is 11.1. The summed E-state index contributed by atoms with van der Waals surface area (Å²) in [5, 5.41) is 2.05. The molecule has 6 heteroatoms. The van der Waals surface area contributed by atoms with Crippen molar-refractivity contribution in [1.82, 2.24) is 15.0 Å². The van der Waals surface area contributed by atoms with Crippen LogP contribution in [0.1, 0.15) is 10.5 Å². The number of pyridine rings is 2. The van der Waals surface area contributed by atoms with E-state index in [1.165, 1.54) is 11.3 Å². The molecule has 98 valence electrons. The number of esters is 1. The van der Waals surface area contributed by atoms with E-state index in [-0.39, 0.29) is 5.69 Å². The lowest BCUT2D eigenvalue weighted by molar-refractivity contribution is 0.0728. The van der Waals surface area contributed by atoms with E-state index in [0.717, 1.165) is 11.1 Å². The highest BCUT2D eigenvalue weighted by Gasteiger charge is 2.12. The zero-order valence-electron chi connectivity index (χ0n) is 10.3. The Hall–Kier alpha value is -2.60. The molecule has 3 rings (SSSR count). The summed E-state index contributed by atoms with van der Waals surface area (Å²) < 4.78 is 5.12. The fourth-order valence-electron chi connectivity index (χ4n) is 1.65. The molecule has 3 aromatic heterocycles. The summed E-state index contributed by atoms with van der Waals surface area (Å²) in [6.45, 7) is 0. The predicted molar refractivity (Wildman–Crippen MR) is 74.5 cm³/mol. The summed E-state index contributed by atoms with van der Waals surface area (Å²) >= 11 is 1.25. The van der Waals surface area contributed by atoms with Crippen LogP contribution in [0.3, 0.4) is 0 Å². The van der Waals surface area contributed by atoms with Crippen molar-refractivity contribution in [3.63, 3.8) is 0 Å². The fourth-order valence-corrected chi connectivity index (χ4v) is 2.13. The van der Waals surface area contributed by atoms with Gasteiger partial charge in [-0.2, -0.15) is 0 Å². The Morgan fingerprint density at radius 3 is 2.80 bits per heavy atom. The normalized spacial score (nSPS) is 10.2. The van der Waals surface area contributed by atoms with Crippen LogP contribution < -0.4 is 4.74 Å². The minimum Gasteiger partial charge on any atom is -0.393 e. The van der Waals surface area contributed by atoms with Crippen molar-refractivity contribution in [2.24, 2.45) is 0 Å². The van der Waals surface area contributed by atoms with E-state index in [1.54, 1.807) is 36.2 Å². The fraction of sp³-hybridized carbons (Fsp3) is 0. The largest absolute Gasteiger partial charge is 0.393 e. The molecule has 0 saturated carbocycles. The summed E-state index contributed by atoms with van der Waals surface area (Å²) in [5.41, 5.74) is 2.01. The van der Waals surface area contributed by atoms with E-state index >= 15 is 0 Å². The molecule has 0 aliphatic rings. The standard InChI is InChI=1S/C14H9N3O2S/c18-13(19-14-17-6-7-20-14)12-8-10(3-5-16-12)11-2-1-4-15-9-11/h1-9H. The van der Waals surface area contributed by atoms with Gasteiger partial charge in [-0.3, -0.25) is 4.98 Å². The van der Waals surface area contributed by atoms with Crippen molar-refractivity contribution < 1.29 is 9.53 Å². The van der Waals surface area contributed by atoms with Crippen molar-refractivity contribution in [3.8, 4) is 16.3 Å². The second-order valence-corrected chi connectivity index (χ2v) is 4.72. The number of hydrogen-bond donors (Lipinski definition) is 0. The first-order valence-corrected chi connectivity index (χ1v) is 6.69. The number of hydrogen-bond acceptors (Lipinski definition) is 6. The van der Waals surface area contributed by atoms with Gasteiger partial charge in [0.2, 0.25) is 0 Å². The molecule has 5 nitrogen and oxygen atoms in total. The van der Waals surface area contributed by atoms with Crippen LogP contribution in [-0.4, -0.2) is 20.9 Å². The van der Waals surface area contributed by atoms with Gasteiger partial charge >= 0.3 is 5.97 Å². The van der Waals surface area contributed by atoms with Crippen LogP contribution in [0.5, 0.6) is 5.19 Å². The van der Waals surface area contributed by atoms with Crippen molar-refractivity contribution in [2.45, 2.75) is 0 Å². The van der Waals surface area contributed by atoms with Crippen LogP contribution in [0, 0.1) is 0 Å². The molecule has 0 radical (unpaired) electrons. The van der Waals surface area contributed by atoms with E-state index in [1.807, 2.05) is 18.2 Å². The number of thiazole rings is 1. The molecule has 0 aromatic carbocycles. The molecule has 0 amide bonds. The van der Waals surface area contributed by atoms with Crippen LogP contribution in [0.4, 0.5) is 0 Å². The number of aromatic nitrogens is 3. The van der Waals surface area contributed by atoms with Crippen LogP contribution >= 0.6 is 11.3 Å². The Kier molecular flexibility index (Phi) is 3.47. The summed E-state index contributed by atoms with van der Waals surface area (Å²) in [5.74, 6) is -0.523. The summed E-state index contributed by atoms with van der Waals surface area (Å²) in [6.07, 6.45) is 6.57. The lowest BCUT2D eigenvalue weighted by Gasteiger charge is -2.03. The molecular weight excluding hydrogens is 274 g/mol. The third-order valence-electron chi connectivity index (χ3n) is 2.55. The van der Waals surface area contributed by atoms with Gasteiger partial charge in [-0.25, -0.2) is 14.8 Å². The molecule has 0 saturated heterocycles. The molecule has 3 heterocycles. The minimum absolute atomic E-state index is 0.238. The number of ether oxygens (including phenoxy) is 1. The number of nitrogens with zero attached hydrogens (tertiary/aromatic N) is 3. The average Bonchev–Trinajstić information content (AvgIpc) is 3.01. The average molecular weight is 283 g/mol. The van der Waals surface area contributed by atoms with Crippen molar-refractivity contribution >= 4 is 17.3 Å². The lowest BCUT2D eigenvalue weighted by Crippen LogP contribution is -2.10. The van der Waals surface area contributed by atoms with Gasteiger partial charge in [0.05, 0.1) is 0 Å². The van der Waals surface area contributed by atoms with E-state index < -0.39 is 5.97 Å². The van der Waals surface area contributed by atoms with Gasteiger partial charge in [0.25, 0.3) is 5.19 Å². The van der Waals surface area contributed by atoms with Gasteiger partial charge < -0.3 is 4.74 Å². The van der Waals surface area contributed by atoms with E-state index in [9.17, 15) is 4.79 Å². The highest BCUT2D eigenvalue weighted by Crippen LogP contribution is 2.19. The molecule has 0 atom stereocenters. The van der Waals surface area contributed by atoms with Gasteiger partial charge in [0.15, 0.2) is 0 Å². The van der Waals surface area contributed by atoms with Crippen molar-refractivity contribution in [2.75, 3.05) is 0 Å². The minimum atomic E-state index is -0.523. The molecule has 0 aliphatic heterocycles. The molecule has 0 bridgehead atoms. The number of carbonyl (C=O) groups excluding carboxylic acids is 1. The molecule has 0 N–H and O–H groups in total. The van der Waals surface area contributed by atoms with Gasteiger partial charge in [0, 0.05) is 35.7 Å². The lowest BCUT2D eigenvalue weighted by atomic mass is 10.1. The van der Waals surface area contributed by atoms with Gasteiger partial charge in [-0.1, -0.05) is 17.4 Å². The maximum Gasteiger partial charge on any atom is 0.364 e. The second kappa shape index (κ2) is 5.58. The SMILES string of the molecule is O=C(Oc1nccs1)c1cc(-c2cccnc2)ccn1. The number of carbonyl (C=O) groups is 1. The first-order valence-electron chi connectivity index (χ1n) is 5.81. The third-order valence-corrected chi connectivity index (χ3v) is 3.20. The molecular formula is C14H9N3O2S. The van der Waals surface area contributed by atoms with Crippen LogP contribution in [-0.2, 0) is 0 Å². The van der Waals surface area contributed by atoms with Crippen LogP contribution in [0.15, 0.2) is 54.4 Å². The molecule has 0 unspecified atom stereocenters. The van der Waals surface area contributed by atoms with Gasteiger partial charge in [0.1, 0.15) is 5.69 Å². The van der Waals surface area contributed by atoms with Crippen LogP contribution in [0.25, 0.3) is 11.1 Å². The highest BCUT2D eigenvalue weighted by atomic mass is 32.1. The van der Waals surface area contributed by atoms with Gasteiger partial charge in [-0.05, 0) is 23.8 Å². The monoisotopic (exact) mass is 283 g/mol. The van der Waals surface area contributed by atoms with Crippen molar-refractivity contribution in [1.29, 1.82) is 0 Å². The second-order valence-electron chi connectivity index (χ2n) is 3.86. The first-order chi connectivity index (χ1) is 9.83. The van der Waals surface area contributed by atoms with E-state index in [2.05, 4.69) is 15.0 Å². The topological polar surface area (TPSA) is 65.0 Å². The Labute approximate surface area is 118 Å². The highest BCUT2D eigenvalue weighted by molar-refractivity contribution is 7.11. The Bertz CT molecular complexity index is 714. The number of rotatable bonds is 3. The third kappa shape index (κ3) is 2.70. The maximum absolute atomic E-state index is 12.0. The summed E-state index contributed by atoms with van der Waals surface area (Å²) in [7, 11) is 0. The maximum atomic E-state index is 12.0. The molecule has 0 spiro atoms. The molecule has 20 heavy (non-hydrogen) atoms. The Balaban J connectivity index is 1.86. The smallest absolute Gasteiger partial charge is 0.364 e. The Morgan fingerprint density at radius 1 is 1.10 bits per heavy atom. The zero-order chi connectivity index (χ0) is 13.8. The van der Waals surface area contributed by atoms with E-state index in [4.69, 9.17) is 4.74 Å². The van der Waals surface area contributed by atoms with Crippen molar-refractivity contribution in [3.05, 3.63) is 60.1 Å².